The van der Waals surface area contributed by atoms with Crippen LogP contribution in [0.4, 0.5) is 0 Å². The van der Waals surface area contributed by atoms with Crippen LogP contribution in [0.15, 0.2) is 69.3 Å². The van der Waals surface area contributed by atoms with Crippen LogP contribution in [0.1, 0.15) is 6.42 Å². The van der Waals surface area contributed by atoms with E-state index in [0.29, 0.717) is 4.90 Å². The Morgan fingerprint density at radius 1 is 1.12 bits per heavy atom. The molecule has 0 heterocycles. The second-order valence-corrected chi connectivity index (χ2v) is 7.62. The number of hydrogen-bond donors (Lipinski definition) is 2. The van der Waals surface area contributed by atoms with Crippen LogP contribution in [0.25, 0.3) is 0 Å². The van der Waals surface area contributed by atoms with Crippen molar-refractivity contribution in [2.24, 2.45) is 0 Å². The first-order chi connectivity index (χ1) is 11.4. The van der Waals surface area contributed by atoms with Crippen molar-refractivity contribution in [2.75, 3.05) is 0 Å². The topological polar surface area (TPSA) is 101 Å². The summed E-state index contributed by atoms with van der Waals surface area (Å²) < 4.78 is 27.2. The number of carboxylic acids is 1. The van der Waals surface area contributed by atoms with E-state index in [2.05, 4.69) is 4.72 Å². The second kappa shape index (κ2) is 8.09. The molecule has 0 spiro atoms. The molecule has 0 aliphatic heterocycles. The van der Waals surface area contributed by atoms with E-state index in [1.165, 1.54) is 17.8 Å². The number of carboxylic acid groups (broad SMARTS) is 1. The lowest BCUT2D eigenvalue weighted by Gasteiger charge is -2.14. The molecule has 2 N–H and O–H groups in total. The Balaban J connectivity index is 2.30. The first-order valence-corrected chi connectivity index (χ1v) is 9.23. The molecule has 0 saturated heterocycles. The number of aldehydes is 1. The molecule has 1 atom stereocenters. The summed E-state index contributed by atoms with van der Waals surface area (Å²) in [7, 11) is -4.03. The van der Waals surface area contributed by atoms with Gasteiger partial charge in [-0.1, -0.05) is 42.1 Å². The van der Waals surface area contributed by atoms with Gasteiger partial charge in [-0.25, -0.2) is 13.1 Å². The van der Waals surface area contributed by atoms with Crippen LogP contribution in [-0.2, 0) is 19.6 Å². The summed E-state index contributed by atoms with van der Waals surface area (Å²) in [5, 5.41) is 8.73. The molecule has 126 valence electrons. The molecule has 24 heavy (non-hydrogen) atoms. The smallest absolute Gasteiger partial charge is 0.305 e. The van der Waals surface area contributed by atoms with Gasteiger partial charge in [0.25, 0.3) is 0 Å². The van der Waals surface area contributed by atoms with E-state index in [1.807, 2.05) is 30.3 Å². The van der Waals surface area contributed by atoms with Crippen LogP contribution in [0.2, 0.25) is 0 Å². The fourth-order valence-electron chi connectivity index (χ4n) is 1.94. The summed E-state index contributed by atoms with van der Waals surface area (Å²) in [5.41, 5.74) is 0. The summed E-state index contributed by atoms with van der Waals surface area (Å²) in [6, 6.07) is 14.3. The number of sulfonamides is 1. The van der Waals surface area contributed by atoms with E-state index < -0.39 is 28.5 Å². The minimum atomic E-state index is -4.03. The van der Waals surface area contributed by atoms with Crippen molar-refractivity contribution < 1.29 is 23.1 Å². The first kappa shape index (κ1) is 18.2. The lowest BCUT2D eigenvalue weighted by molar-refractivity contribution is -0.138. The van der Waals surface area contributed by atoms with Gasteiger partial charge < -0.3 is 9.90 Å². The summed E-state index contributed by atoms with van der Waals surface area (Å²) in [4.78, 5) is 23.0. The summed E-state index contributed by atoms with van der Waals surface area (Å²) in [5.74, 6) is -1.26. The molecule has 0 fully saturated rings. The predicted molar refractivity (Wildman–Crippen MR) is 89.4 cm³/mol. The van der Waals surface area contributed by atoms with Crippen molar-refractivity contribution in [3.8, 4) is 0 Å². The number of benzene rings is 2. The molecule has 0 amide bonds. The zero-order chi connectivity index (χ0) is 17.6. The van der Waals surface area contributed by atoms with Crippen LogP contribution in [0, 0.1) is 0 Å². The molecule has 0 saturated carbocycles. The third-order valence-corrected chi connectivity index (χ3v) is 5.74. The molecule has 0 radical (unpaired) electrons. The Morgan fingerprint density at radius 2 is 1.75 bits per heavy atom. The van der Waals surface area contributed by atoms with Gasteiger partial charge in [0.05, 0.1) is 17.4 Å². The molecule has 0 aromatic heterocycles. The molecule has 0 aliphatic carbocycles. The van der Waals surface area contributed by atoms with E-state index in [9.17, 15) is 18.0 Å². The molecular weight excluding hydrogens is 350 g/mol. The van der Waals surface area contributed by atoms with E-state index in [-0.39, 0.29) is 11.2 Å². The highest BCUT2D eigenvalue weighted by atomic mass is 32.2. The Hall–Kier alpha value is -2.16. The fraction of sp³-hybridized carbons (Fsp3) is 0.125. The summed E-state index contributed by atoms with van der Waals surface area (Å²) >= 11 is 1.27. The summed E-state index contributed by atoms with van der Waals surface area (Å²) in [6.45, 7) is 0. The van der Waals surface area contributed by atoms with Gasteiger partial charge in [0.1, 0.15) is 6.29 Å². The first-order valence-electron chi connectivity index (χ1n) is 6.94. The third-order valence-electron chi connectivity index (χ3n) is 2.98. The zero-order valence-corrected chi connectivity index (χ0v) is 14.1. The average molecular weight is 365 g/mol. The number of carbonyl (C=O) groups excluding carboxylic acids is 1. The highest BCUT2D eigenvalue weighted by Gasteiger charge is 2.24. The van der Waals surface area contributed by atoms with Crippen LogP contribution in [0.3, 0.4) is 0 Å². The molecule has 2 aromatic carbocycles. The minimum absolute atomic E-state index is 0.00362. The van der Waals surface area contributed by atoms with E-state index >= 15 is 0 Å². The molecule has 1 unspecified atom stereocenters. The number of aliphatic carboxylic acids is 1. The van der Waals surface area contributed by atoms with Crippen molar-refractivity contribution in [1.29, 1.82) is 0 Å². The lowest BCUT2D eigenvalue weighted by atomic mass is 10.2. The van der Waals surface area contributed by atoms with Crippen LogP contribution >= 0.6 is 11.8 Å². The van der Waals surface area contributed by atoms with Gasteiger partial charge in [0.15, 0.2) is 0 Å². The van der Waals surface area contributed by atoms with Crippen molar-refractivity contribution >= 4 is 34.0 Å². The molecule has 2 aromatic rings. The fourth-order valence-corrected chi connectivity index (χ4v) is 4.51. The summed E-state index contributed by atoms with van der Waals surface area (Å²) in [6.07, 6.45) is -0.338. The molecule has 0 bridgehead atoms. The normalized spacial score (nSPS) is 12.5. The van der Waals surface area contributed by atoms with Gasteiger partial charge in [0.2, 0.25) is 10.0 Å². The Morgan fingerprint density at radius 3 is 2.38 bits per heavy atom. The van der Waals surface area contributed by atoms with E-state index in [0.717, 1.165) is 4.90 Å². The van der Waals surface area contributed by atoms with Gasteiger partial charge >= 0.3 is 5.97 Å². The third kappa shape index (κ3) is 4.92. The Kier molecular flexibility index (Phi) is 6.13. The second-order valence-electron chi connectivity index (χ2n) is 4.82. The maximum absolute atomic E-state index is 12.5. The molecule has 0 aliphatic rings. The van der Waals surface area contributed by atoms with Gasteiger partial charge in [0, 0.05) is 9.79 Å². The SMILES string of the molecule is O=CC(CC(=O)O)NS(=O)(=O)c1ccccc1Sc1ccccc1. The number of nitrogens with one attached hydrogen (secondary N) is 1. The maximum atomic E-state index is 12.5. The van der Waals surface area contributed by atoms with Crippen LogP contribution < -0.4 is 4.72 Å². The van der Waals surface area contributed by atoms with Crippen LogP contribution in [0.5, 0.6) is 0 Å². The molecule has 2 rings (SSSR count). The highest BCUT2D eigenvalue weighted by molar-refractivity contribution is 8.00. The van der Waals surface area contributed by atoms with Crippen LogP contribution in [-0.4, -0.2) is 31.8 Å². The number of hydrogen-bond acceptors (Lipinski definition) is 5. The average Bonchev–Trinajstić information content (AvgIpc) is 2.55. The monoisotopic (exact) mass is 365 g/mol. The minimum Gasteiger partial charge on any atom is -0.481 e. The van der Waals surface area contributed by atoms with E-state index in [1.54, 1.807) is 18.2 Å². The lowest BCUT2D eigenvalue weighted by Crippen LogP contribution is -2.37. The van der Waals surface area contributed by atoms with Gasteiger partial charge in [-0.05, 0) is 24.3 Å². The van der Waals surface area contributed by atoms with Gasteiger partial charge in [-0.2, -0.15) is 0 Å². The van der Waals surface area contributed by atoms with Gasteiger partial charge in [-0.15, -0.1) is 0 Å². The quantitative estimate of drug-likeness (QED) is 0.695. The maximum Gasteiger partial charge on any atom is 0.305 e. The molecular formula is C16H15NO5S2. The Bertz CT molecular complexity index is 821. The zero-order valence-electron chi connectivity index (χ0n) is 12.5. The predicted octanol–water partition coefficient (Wildman–Crippen LogP) is 2.16. The molecule has 6 nitrogen and oxygen atoms in total. The number of carbonyl (C=O) groups is 2. The standard InChI is InChI=1S/C16H15NO5S2/c18-11-12(10-16(19)20)17-24(21,22)15-9-5-4-8-14(15)23-13-6-2-1-3-7-13/h1-9,11-12,17H,10H2,(H,19,20). The van der Waals surface area contributed by atoms with Crippen molar-refractivity contribution in [1.82, 2.24) is 4.72 Å². The Labute approximate surface area is 143 Å². The highest BCUT2D eigenvalue weighted by Crippen LogP contribution is 2.32. The molecule has 8 heteroatoms. The largest absolute Gasteiger partial charge is 0.481 e. The van der Waals surface area contributed by atoms with E-state index in [4.69, 9.17) is 5.11 Å². The van der Waals surface area contributed by atoms with Crippen molar-refractivity contribution in [2.45, 2.75) is 27.1 Å². The number of rotatable bonds is 8. The van der Waals surface area contributed by atoms with Crippen molar-refractivity contribution in [3.05, 3.63) is 54.6 Å². The van der Waals surface area contributed by atoms with Gasteiger partial charge in [-0.3, -0.25) is 4.79 Å². The van der Waals surface area contributed by atoms with Crippen molar-refractivity contribution in [3.63, 3.8) is 0 Å².